The number of hydrogen-bond acceptors (Lipinski definition) is 3. The summed E-state index contributed by atoms with van der Waals surface area (Å²) >= 11 is 11.6. The molecule has 1 saturated carbocycles. The van der Waals surface area contributed by atoms with Crippen LogP contribution in [-0.4, -0.2) is 4.98 Å². The van der Waals surface area contributed by atoms with Gasteiger partial charge in [0.15, 0.2) is 0 Å². The predicted molar refractivity (Wildman–Crippen MR) is 55.7 cm³/mol. The van der Waals surface area contributed by atoms with E-state index >= 15 is 0 Å². The van der Waals surface area contributed by atoms with E-state index < -0.39 is 0 Å². The lowest BCUT2D eigenvalue weighted by molar-refractivity contribution is 1.08. The third-order valence-corrected chi connectivity index (χ3v) is 2.90. The molecule has 15 heavy (non-hydrogen) atoms. The van der Waals surface area contributed by atoms with Crippen LogP contribution < -0.4 is 0 Å². The molecule has 1 fully saturated rings. The van der Waals surface area contributed by atoms with Crippen molar-refractivity contribution in [1.82, 2.24) is 4.98 Å². The molecule has 0 aromatic carbocycles. The molecule has 0 spiro atoms. The molecule has 0 aliphatic heterocycles. The molecule has 0 N–H and O–H groups in total. The molecule has 74 valence electrons. The van der Waals surface area contributed by atoms with Crippen molar-refractivity contribution in [2.24, 2.45) is 0 Å². The number of aromatic nitrogens is 1. The van der Waals surface area contributed by atoms with Crippen molar-refractivity contribution in [2.45, 2.75) is 18.8 Å². The second-order valence-electron chi connectivity index (χ2n) is 3.35. The van der Waals surface area contributed by atoms with Gasteiger partial charge in [0.2, 0.25) is 0 Å². The largest absolute Gasteiger partial charge is 0.222 e. The van der Waals surface area contributed by atoms with E-state index in [0.29, 0.717) is 16.7 Å². The highest BCUT2D eigenvalue weighted by Gasteiger charge is 2.32. The lowest BCUT2D eigenvalue weighted by Crippen LogP contribution is -1.98. The van der Waals surface area contributed by atoms with E-state index in [1.807, 2.05) is 12.1 Å². The molecule has 1 aliphatic rings. The van der Waals surface area contributed by atoms with Crippen LogP contribution in [0.5, 0.6) is 0 Å². The van der Waals surface area contributed by atoms with E-state index in [1.165, 1.54) is 0 Å². The molecule has 0 radical (unpaired) electrons. The zero-order valence-corrected chi connectivity index (χ0v) is 9.10. The van der Waals surface area contributed by atoms with Gasteiger partial charge in [-0.1, -0.05) is 23.2 Å². The SMILES string of the molecule is N#Cc1c(Cl)nc(Cl)c(C#N)c1C1CC1. The van der Waals surface area contributed by atoms with Gasteiger partial charge >= 0.3 is 0 Å². The molecular weight excluding hydrogens is 233 g/mol. The maximum atomic E-state index is 8.96. The number of halogens is 2. The minimum atomic E-state index is 0.0865. The Balaban J connectivity index is 2.76. The fourth-order valence-corrected chi connectivity index (χ4v) is 2.04. The fourth-order valence-electron chi connectivity index (χ4n) is 1.54. The molecule has 0 amide bonds. The highest BCUT2D eigenvalue weighted by atomic mass is 35.5. The first kappa shape index (κ1) is 10.2. The van der Waals surface area contributed by atoms with E-state index in [0.717, 1.165) is 12.8 Å². The standard InChI is InChI=1S/C10H5Cl2N3/c11-9-6(3-13)8(5-1-2-5)7(4-14)10(12)15-9/h5H,1-2H2. The van der Waals surface area contributed by atoms with Crippen LogP contribution in [0.2, 0.25) is 10.3 Å². The van der Waals surface area contributed by atoms with Crippen molar-refractivity contribution < 1.29 is 0 Å². The first-order valence-corrected chi connectivity index (χ1v) is 5.13. The molecule has 0 unspecified atom stereocenters. The quantitative estimate of drug-likeness (QED) is 0.706. The lowest BCUT2D eigenvalue weighted by atomic mass is 10.0. The second-order valence-corrected chi connectivity index (χ2v) is 4.07. The third kappa shape index (κ3) is 1.65. The summed E-state index contributed by atoms with van der Waals surface area (Å²) in [5.74, 6) is 0.243. The summed E-state index contributed by atoms with van der Waals surface area (Å²) in [5, 5.41) is 18.1. The van der Waals surface area contributed by atoms with Gasteiger partial charge in [0, 0.05) is 0 Å². The highest BCUT2D eigenvalue weighted by molar-refractivity contribution is 6.34. The van der Waals surface area contributed by atoms with Crippen molar-refractivity contribution in [1.29, 1.82) is 10.5 Å². The topological polar surface area (TPSA) is 60.5 Å². The van der Waals surface area contributed by atoms with Gasteiger partial charge in [-0.05, 0) is 24.3 Å². The first-order chi connectivity index (χ1) is 7.19. The predicted octanol–water partition coefficient (Wildman–Crippen LogP) is 3.01. The summed E-state index contributed by atoms with van der Waals surface area (Å²) in [6.45, 7) is 0. The van der Waals surface area contributed by atoms with Gasteiger partial charge in [-0.3, -0.25) is 0 Å². The molecule has 5 heteroatoms. The number of nitrogens with zero attached hydrogens (tertiary/aromatic N) is 3. The van der Waals surface area contributed by atoms with Crippen molar-refractivity contribution >= 4 is 23.2 Å². The maximum Gasteiger partial charge on any atom is 0.148 e. The van der Waals surface area contributed by atoms with E-state index in [-0.39, 0.29) is 16.2 Å². The van der Waals surface area contributed by atoms with Crippen LogP contribution in [0.25, 0.3) is 0 Å². The Morgan fingerprint density at radius 2 is 1.53 bits per heavy atom. The number of rotatable bonds is 1. The summed E-state index contributed by atoms with van der Waals surface area (Å²) in [6.07, 6.45) is 1.94. The Kier molecular flexibility index (Phi) is 2.52. The maximum absolute atomic E-state index is 8.96. The van der Waals surface area contributed by atoms with Crippen molar-refractivity contribution in [2.75, 3.05) is 0 Å². The minimum Gasteiger partial charge on any atom is -0.222 e. The lowest BCUT2D eigenvalue weighted by Gasteiger charge is -2.07. The van der Waals surface area contributed by atoms with Gasteiger partial charge in [-0.15, -0.1) is 0 Å². The molecule has 2 rings (SSSR count). The number of hydrogen-bond donors (Lipinski definition) is 0. The molecule has 1 aliphatic carbocycles. The Morgan fingerprint density at radius 1 is 1.07 bits per heavy atom. The number of nitriles is 2. The van der Waals surface area contributed by atoms with Crippen LogP contribution in [0.1, 0.15) is 35.4 Å². The Bertz CT molecular complexity index is 469. The van der Waals surface area contributed by atoms with Crippen LogP contribution >= 0.6 is 23.2 Å². The average molecular weight is 238 g/mol. The molecule has 1 heterocycles. The Labute approximate surface area is 96.9 Å². The molecular formula is C10H5Cl2N3. The van der Waals surface area contributed by atoms with E-state index in [4.69, 9.17) is 33.7 Å². The van der Waals surface area contributed by atoms with Gasteiger partial charge in [-0.25, -0.2) is 4.98 Å². The summed E-state index contributed by atoms with van der Waals surface area (Å²) < 4.78 is 0. The minimum absolute atomic E-state index is 0.0865. The molecule has 0 saturated heterocycles. The molecule has 1 aromatic rings. The molecule has 1 aromatic heterocycles. The van der Waals surface area contributed by atoms with Crippen LogP contribution in [0.3, 0.4) is 0 Å². The Hall–Kier alpha value is -1.29. The molecule has 0 atom stereocenters. The van der Waals surface area contributed by atoms with E-state index in [2.05, 4.69) is 4.98 Å². The zero-order valence-electron chi connectivity index (χ0n) is 7.59. The van der Waals surface area contributed by atoms with Crippen LogP contribution in [-0.2, 0) is 0 Å². The summed E-state index contributed by atoms with van der Waals surface area (Å²) in [7, 11) is 0. The highest BCUT2D eigenvalue weighted by Crippen LogP contribution is 2.45. The smallest absolute Gasteiger partial charge is 0.148 e. The Morgan fingerprint density at radius 3 is 1.87 bits per heavy atom. The van der Waals surface area contributed by atoms with Crippen LogP contribution in [0.4, 0.5) is 0 Å². The molecule has 0 bridgehead atoms. The number of pyridine rings is 1. The average Bonchev–Trinajstić information content (AvgIpc) is 3.00. The van der Waals surface area contributed by atoms with Crippen LogP contribution in [0.15, 0.2) is 0 Å². The van der Waals surface area contributed by atoms with Crippen molar-refractivity contribution in [3.63, 3.8) is 0 Å². The third-order valence-electron chi connectivity index (χ3n) is 2.36. The molecule has 3 nitrogen and oxygen atoms in total. The van der Waals surface area contributed by atoms with Crippen LogP contribution in [0, 0.1) is 22.7 Å². The van der Waals surface area contributed by atoms with Gasteiger partial charge < -0.3 is 0 Å². The normalized spacial score (nSPS) is 14.4. The summed E-state index contributed by atoms with van der Waals surface area (Å²) in [6, 6.07) is 3.97. The van der Waals surface area contributed by atoms with Gasteiger partial charge in [0.25, 0.3) is 0 Å². The summed E-state index contributed by atoms with van der Waals surface area (Å²) in [5.41, 5.74) is 1.25. The zero-order chi connectivity index (χ0) is 11.0. The van der Waals surface area contributed by atoms with Gasteiger partial charge in [0.1, 0.15) is 22.4 Å². The van der Waals surface area contributed by atoms with Gasteiger partial charge in [0.05, 0.1) is 11.1 Å². The first-order valence-electron chi connectivity index (χ1n) is 4.38. The van der Waals surface area contributed by atoms with Gasteiger partial charge in [-0.2, -0.15) is 10.5 Å². The van der Waals surface area contributed by atoms with Crippen molar-refractivity contribution in [3.05, 3.63) is 27.0 Å². The van der Waals surface area contributed by atoms with E-state index in [1.54, 1.807) is 0 Å². The van der Waals surface area contributed by atoms with Crippen molar-refractivity contribution in [3.8, 4) is 12.1 Å². The second kappa shape index (κ2) is 3.70. The fraction of sp³-hybridized carbons (Fsp3) is 0.300. The monoisotopic (exact) mass is 237 g/mol. The van der Waals surface area contributed by atoms with E-state index in [9.17, 15) is 0 Å². The summed E-state index contributed by atoms with van der Waals surface area (Å²) in [4.78, 5) is 3.77.